The fourth-order valence-corrected chi connectivity index (χ4v) is 4.13. The van der Waals surface area contributed by atoms with Crippen molar-refractivity contribution < 1.29 is 28.2 Å². The van der Waals surface area contributed by atoms with Crippen molar-refractivity contribution in [3.63, 3.8) is 0 Å². The van der Waals surface area contributed by atoms with E-state index in [2.05, 4.69) is 4.98 Å². The van der Waals surface area contributed by atoms with Crippen LogP contribution in [0.15, 0.2) is 42.5 Å². The van der Waals surface area contributed by atoms with E-state index in [1.165, 1.54) is 4.90 Å². The number of benzene rings is 2. The van der Waals surface area contributed by atoms with E-state index in [1.54, 1.807) is 52.2 Å². The number of aromatic hydroxyl groups is 1. The number of hydrogen-bond acceptors (Lipinski definition) is 3. The number of rotatable bonds is 7. The molecular weight excluding hydrogens is 421 g/mol. The summed E-state index contributed by atoms with van der Waals surface area (Å²) in [6, 6.07) is 9.98. The average molecular weight is 448 g/mol. The molecule has 0 saturated heterocycles. The predicted molar refractivity (Wildman–Crippen MR) is 117 cm³/mol. The number of carbonyl (C=O) groups is 1. The van der Waals surface area contributed by atoms with Gasteiger partial charge in [0.1, 0.15) is 17.2 Å². The molecule has 0 saturated carbocycles. The van der Waals surface area contributed by atoms with E-state index in [0.717, 1.165) is 18.2 Å². The van der Waals surface area contributed by atoms with Gasteiger partial charge < -0.3 is 20.1 Å². The highest BCUT2D eigenvalue weighted by Gasteiger charge is 2.44. The molecule has 1 unspecified atom stereocenters. The topological polar surface area (TPSA) is 76.6 Å². The maximum atomic E-state index is 14.1. The molecule has 0 bridgehead atoms. The fraction of sp³-hybridized carbons (Fsp3) is 0.375. The molecule has 0 aliphatic carbocycles. The van der Waals surface area contributed by atoms with Crippen LogP contribution in [-0.4, -0.2) is 52.1 Å². The Morgan fingerprint density at radius 1 is 1.12 bits per heavy atom. The number of alkyl halides is 2. The highest BCUT2D eigenvalue weighted by molar-refractivity contribution is 5.97. The van der Waals surface area contributed by atoms with Crippen LogP contribution in [0.25, 0.3) is 10.9 Å². The molecule has 3 N–H and O–H groups in total. The first-order chi connectivity index (χ1) is 14.8. The Balaban J connectivity index is 1.92. The van der Waals surface area contributed by atoms with Gasteiger partial charge in [0.15, 0.2) is 0 Å². The number of aromatic amines is 1. The zero-order chi connectivity index (χ0) is 23.8. The van der Waals surface area contributed by atoms with E-state index in [-0.39, 0.29) is 17.2 Å². The molecule has 1 atom stereocenters. The molecule has 1 amide bonds. The van der Waals surface area contributed by atoms with E-state index in [4.69, 9.17) is 0 Å². The zero-order valence-electron chi connectivity index (χ0n) is 18.4. The SMILES string of the molecule is CN(C)C(=O)c1ccc2cc(CC(O)(CC(C)(C)c3cc(F)ccc3O)C(F)F)[nH]c2c1. The van der Waals surface area contributed by atoms with Crippen molar-refractivity contribution >= 4 is 16.8 Å². The van der Waals surface area contributed by atoms with Gasteiger partial charge >= 0.3 is 0 Å². The molecule has 0 aliphatic rings. The van der Waals surface area contributed by atoms with Crippen molar-refractivity contribution in [3.05, 3.63) is 65.1 Å². The number of nitrogens with zero attached hydrogens (tertiary/aromatic N) is 1. The van der Waals surface area contributed by atoms with Crippen molar-refractivity contribution in [3.8, 4) is 5.75 Å². The Morgan fingerprint density at radius 3 is 2.44 bits per heavy atom. The van der Waals surface area contributed by atoms with Crippen molar-refractivity contribution in [1.29, 1.82) is 0 Å². The summed E-state index contributed by atoms with van der Waals surface area (Å²) in [7, 11) is 3.27. The second-order valence-electron chi connectivity index (χ2n) is 9.10. The largest absolute Gasteiger partial charge is 0.508 e. The van der Waals surface area contributed by atoms with Gasteiger partial charge in [-0.3, -0.25) is 4.79 Å². The molecule has 32 heavy (non-hydrogen) atoms. The van der Waals surface area contributed by atoms with Crippen molar-refractivity contribution in [2.45, 2.75) is 44.1 Å². The van der Waals surface area contributed by atoms with Gasteiger partial charge in [0, 0.05) is 42.9 Å². The Morgan fingerprint density at radius 2 is 1.81 bits per heavy atom. The fourth-order valence-electron chi connectivity index (χ4n) is 4.13. The Hall–Kier alpha value is -3.00. The third-order valence-corrected chi connectivity index (χ3v) is 5.67. The molecule has 0 aliphatic heterocycles. The van der Waals surface area contributed by atoms with Gasteiger partial charge in [-0.25, -0.2) is 13.2 Å². The molecule has 5 nitrogen and oxygen atoms in total. The minimum atomic E-state index is -3.09. The van der Waals surface area contributed by atoms with E-state index in [0.29, 0.717) is 22.2 Å². The maximum absolute atomic E-state index is 14.1. The molecular formula is C24H27F3N2O3. The van der Waals surface area contributed by atoms with Gasteiger partial charge in [-0.1, -0.05) is 19.9 Å². The maximum Gasteiger partial charge on any atom is 0.267 e. The highest BCUT2D eigenvalue weighted by atomic mass is 19.3. The standard InChI is InChI=1S/C24H27F3N2O3/c1-23(2,18-11-16(25)7-8-20(18)30)13-24(32,22(26)27)12-17-9-14-5-6-15(10-19(14)28-17)21(31)29(3)4/h5-11,22,28,30,32H,12-13H2,1-4H3. The van der Waals surface area contributed by atoms with Crippen LogP contribution in [0, 0.1) is 5.82 Å². The summed E-state index contributed by atoms with van der Waals surface area (Å²) in [6.07, 6.45) is -3.90. The number of hydrogen-bond donors (Lipinski definition) is 3. The van der Waals surface area contributed by atoms with Crippen LogP contribution in [0.3, 0.4) is 0 Å². The van der Waals surface area contributed by atoms with Crippen LogP contribution in [0.4, 0.5) is 13.2 Å². The average Bonchev–Trinajstić information content (AvgIpc) is 3.09. The number of carbonyl (C=O) groups excluding carboxylic acids is 1. The van der Waals surface area contributed by atoms with Crippen molar-refractivity contribution in [2.75, 3.05) is 14.1 Å². The van der Waals surface area contributed by atoms with Crippen LogP contribution < -0.4 is 0 Å². The number of aromatic nitrogens is 1. The number of nitrogens with one attached hydrogen (secondary N) is 1. The Labute approximate surface area is 184 Å². The van der Waals surface area contributed by atoms with Gasteiger partial charge in [0.25, 0.3) is 12.3 Å². The number of phenolic OH excluding ortho intramolecular Hbond substituents is 1. The number of amides is 1. The molecule has 1 heterocycles. The van der Waals surface area contributed by atoms with Crippen LogP contribution in [-0.2, 0) is 11.8 Å². The van der Waals surface area contributed by atoms with Gasteiger partial charge in [-0.2, -0.15) is 0 Å². The minimum absolute atomic E-state index is 0.139. The first kappa shape index (κ1) is 23.7. The summed E-state index contributed by atoms with van der Waals surface area (Å²) in [5, 5.41) is 21.8. The number of aliphatic hydroxyl groups is 1. The molecule has 0 spiro atoms. The van der Waals surface area contributed by atoms with Crippen LogP contribution in [0.1, 0.15) is 41.9 Å². The second-order valence-corrected chi connectivity index (χ2v) is 9.10. The van der Waals surface area contributed by atoms with Crippen LogP contribution in [0.5, 0.6) is 5.75 Å². The summed E-state index contributed by atoms with van der Waals surface area (Å²) >= 11 is 0. The third-order valence-electron chi connectivity index (χ3n) is 5.67. The first-order valence-electron chi connectivity index (χ1n) is 10.2. The van der Waals surface area contributed by atoms with Crippen molar-refractivity contribution in [1.82, 2.24) is 9.88 Å². The quantitative estimate of drug-likeness (QED) is 0.494. The molecule has 8 heteroatoms. The second kappa shape index (κ2) is 8.50. The van der Waals surface area contributed by atoms with Gasteiger partial charge in [-0.15, -0.1) is 0 Å². The van der Waals surface area contributed by atoms with E-state index >= 15 is 0 Å². The van der Waals surface area contributed by atoms with Gasteiger partial charge in [-0.05, 0) is 53.6 Å². The molecule has 172 valence electrons. The molecule has 1 aromatic heterocycles. The number of phenols is 1. The van der Waals surface area contributed by atoms with E-state index < -0.39 is 36.1 Å². The Kier molecular flexibility index (Phi) is 6.29. The zero-order valence-corrected chi connectivity index (χ0v) is 18.4. The summed E-state index contributed by atoms with van der Waals surface area (Å²) in [5.74, 6) is -1.02. The van der Waals surface area contributed by atoms with Crippen LogP contribution >= 0.6 is 0 Å². The minimum Gasteiger partial charge on any atom is -0.508 e. The molecule has 0 fully saturated rings. The smallest absolute Gasteiger partial charge is 0.267 e. The number of fused-ring (bicyclic) bond motifs is 1. The van der Waals surface area contributed by atoms with E-state index in [9.17, 15) is 28.2 Å². The van der Waals surface area contributed by atoms with Gasteiger partial charge in [0.2, 0.25) is 0 Å². The summed E-state index contributed by atoms with van der Waals surface area (Å²) in [6.45, 7) is 3.14. The Bertz CT molecular complexity index is 1140. The van der Waals surface area contributed by atoms with Crippen molar-refractivity contribution in [2.24, 2.45) is 0 Å². The number of halogens is 3. The highest BCUT2D eigenvalue weighted by Crippen LogP contribution is 2.40. The van der Waals surface area contributed by atoms with E-state index in [1.807, 2.05) is 0 Å². The molecule has 3 aromatic rings. The molecule has 0 radical (unpaired) electrons. The lowest BCUT2D eigenvalue weighted by Gasteiger charge is -2.36. The lowest BCUT2D eigenvalue weighted by Crippen LogP contribution is -2.45. The summed E-state index contributed by atoms with van der Waals surface area (Å²) in [5.41, 5.74) is -2.04. The first-order valence-corrected chi connectivity index (χ1v) is 10.2. The predicted octanol–water partition coefficient (Wildman–Crippen LogP) is 4.62. The van der Waals surface area contributed by atoms with Gasteiger partial charge in [0.05, 0.1) is 0 Å². The summed E-state index contributed by atoms with van der Waals surface area (Å²) in [4.78, 5) is 16.6. The lowest BCUT2D eigenvalue weighted by atomic mass is 9.73. The third kappa shape index (κ3) is 4.75. The summed E-state index contributed by atoms with van der Waals surface area (Å²) < 4.78 is 41.8. The molecule has 3 rings (SSSR count). The van der Waals surface area contributed by atoms with Crippen LogP contribution in [0.2, 0.25) is 0 Å². The lowest BCUT2D eigenvalue weighted by molar-refractivity contribution is -0.110. The number of H-pyrrole nitrogens is 1. The normalized spacial score (nSPS) is 14.0. The monoisotopic (exact) mass is 448 g/mol. The molecule has 2 aromatic carbocycles.